The quantitative estimate of drug-likeness (QED) is 0.855. The molecule has 116 valence electrons. The minimum atomic E-state index is -0.0604. The van der Waals surface area contributed by atoms with E-state index in [-0.39, 0.29) is 5.91 Å². The third kappa shape index (κ3) is 3.88. The van der Waals surface area contributed by atoms with Crippen LogP contribution in [-0.4, -0.2) is 60.0 Å². The summed E-state index contributed by atoms with van der Waals surface area (Å²) in [6.45, 7) is 5.68. The van der Waals surface area contributed by atoms with Gasteiger partial charge in [0.2, 0.25) is 0 Å². The molecule has 6 nitrogen and oxygen atoms in total. The van der Waals surface area contributed by atoms with Gasteiger partial charge in [-0.15, -0.1) is 11.3 Å². The summed E-state index contributed by atoms with van der Waals surface area (Å²) < 4.78 is 0. The number of carbonyl (C=O) groups is 1. The molecule has 0 aromatic carbocycles. The topological polar surface area (TPSA) is 70.2 Å². The summed E-state index contributed by atoms with van der Waals surface area (Å²) in [6.07, 6.45) is 3.35. The first kappa shape index (κ1) is 15.1. The van der Waals surface area contributed by atoms with Gasteiger partial charge in [0, 0.05) is 45.5 Å². The van der Waals surface area contributed by atoms with Crippen molar-refractivity contribution < 1.29 is 4.79 Å². The molecular formula is C15H19N5OS. The summed E-state index contributed by atoms with van der Waals surface area (Å²) in [5, 5.41) is 7.05. The molecule has 2 aromatic heterocycles. The van der Waals surface area contributed by atoms with Crippen LogP contribution in [-0.2, 0) is 0 Å². The summed E-state index contributed by atoms with van der Waals surface area (Å²) in [7, 11) is 0. The number of amides is 1. The highest BCUT2D eigenvalue weighted by Crippen LogP contribution is 2.22. The Morgan fingerprint density at radius 1 is 1.32 bits per heavy atom. The molecule has 3 rings (SSSR count). The highest BCUT2D eigenvalue weighted by atomic mass is 32.1. The fraction of sp³-hybridized carbons (Fsp3) is 0.400. The van der Waals surface area contributed by atoms with Gasteiger partial charge < -0.3 is 10.6 Å². The van der Waals surface area contributed by atoms with Crippen LogP contribution in [0, 0.1) is 0 Å². The highest BCUT2D eigenvalue weighted by Gasteiger charge is 2.13. The SMILES string of the molecule is O=C(NCCN1CCNCC1)c1cnc(-c2ccccn2)s1. The first-order valence-corrected chi connectivity index (χ1v) is 8.23. The molecule has 1 fully saturated rings. The van der Waals surface area contributed by atoms with Crippen LogP contribution in [0.4, 0.5) is 0 Å². The Bertz CT molecular complexity index is 609. The lowest BCUT2D eigenvalue weighted by atomic mass is 10.3. The number of nitrogens with one attached hydrogen (secondary N) is 2. The predicted octanol–water partition coefficient (Wildman–Crippen LogP) is 0.840. The first-order valence-electron chi connectivity index (χ1n) is 7.41. The second kappa shape index (κ2) is 7.44. The number of rotatable bonds is 5. The highest BCUT2D eigenvalue weighted by molar-refractivity contribution is 7.16. The lowest BCUT2D eigenvalue weighted by Crippen LogP contribution is -2.46. The standard InChI is InChI=1S/C15H19N5OS/c21-14(18-7-10-20-8-5-16-6-9-20)13-11-19-15(22-13)12-3-1-2-4-17-12/h1-4,11,16H,5-10H2,(H,18,21). The van der Waals surface area contributed by atoms with Gasteiger partial charge >= 0.3 is 0 Å². The third-order valence-electron chi connectivity index (χ3n) is 3.54. The fourth-order valence-electron chi connectivity index (χ4n) is 2.34. The van der Waals surface area contributed by atoms with E-state index in [1.54, 1.807) is 12.4 Å². The van der Waals surface area contributed by atoms with Gasteiger partial charge in [-0.05, 0) is 12.1 Å². The summed E-state index contributed by atoms with van der Waals surface area (Å²) in [4.78, 5) is 23.6. The van der Waals surface area contributed by atoms with Gasteiger partial charge in [-0.25, -0.2) is 4.98 Å². The zero-order valence-electron chi connectivity index (χ0n) is 12.3. The van der Waals surface area contributed by atoms with Gasteiger partial charge in [0.25, 0.3) is 5.91 Å². The van der Waals surface area contributed by atoms with Crippen LogP contribution < -0.4 is 10.6 Å². The molecular weight excluding hydrogens is 298 g/mol. The molecule has 0 unspecified atom stereocenters. The van der Waals surface area contributed by atoms with Gasteiger partial charge in [-0.1, -0.05) is 6.07 Å². The van der Waals surface area contributed by atoms with Gasteiger partial charge in [-0.3, -0.25) is 14.7 Å². The van der Waals surface area contributed by atoms with Gasteiger partial charge in [0.15, 0.2) is 0 Å². The van der Waals surface area contributed by atoms with Gasteiger partial charge in [-0.2, -0.15) is 0 Å². The van der Waals surface area contributed by atoms with Crippen molar-refractivity contribution in [2.75, 3.05) is 39.3 Å². The average molecular weight is 317 g/mol. The molecule has 0 atom stereocenters. The van der Waals surface area contributed by atoms with E-state index < -0.39 is 0 Å². The lowest BCUT2D eigenvalue weighted by molar-refractivity contribution is 0.0951. The van der Waals surface area contributed by atoms with Crippen molar-refractivity contribution >= 4 is 17.2 Å². The predicted molar refractivity (Wildman–Crippen MR) is 87.0 cm³/mol. The fourth-order valence-corrected chi connectivity index (χ4v) is 3.15. The molecule has 0 aliphatic carbocycles. The maximum Gasteiger partial charge on any atom is 0.263 e. The monoisotopic (exact) mass is 317 g/mol. The second-order valence-corrected chi connectivity index (χ2v) is 6.12. The lowest BCUT2D eigenvalue weighted by Gasteiger charge is -2.26. The van der Waals surface area contributed by atoms with Gasteiger partial charge in [0.1, 0.15) is 9.88 Å². The number of hydrogen-bond donors (Lipinski definition) is 2. The van der Waals surface area contributed by atoms with E-state index in [0.29, 0.717) is 11.4 Å². The Morgan fingerprint density at radius 2 is 2.18 bits per heavy atom. The van der Waals surface area contributed by atoms with Crippen molar-refractivity contribution in [3.05, 3.63) is 35.5 Å². The van der Waals surface area contributed by atoms with Crippen LogP contribution in [0.5, 0.6) is 0 Å². The van der Waals surface area contributed by atoms with Crippen LogP contribution in [0.2, 0.25) is 0 Å². The molecule has 0 radical (unpaired) electrons. The van der Waals surface area contributed by atoms with Crippen molar-refractivity contribution in [3.8, 4) is 10.7 Å². The minimum Gasteiger partial charge on any atom is -0.350 e. The number of nitrogens with zero attached hydrogens (tertiary/aromatic N) is 3. The molecule has 1 aliphatic heterocycles. The molecule has 1 saturated heterocycles. The maximum atomic E-state index is 12.1. The molecule has 22 heavy (non-hydrogen) atoms. The molecule has 0 saturated carbocycles. The molecule has 3 heterocycles. The van der Waals surface area contributed by atoms with E-state index in [1.165, 1.54) is 11.3 Å². The Hall–Kier alpha value is -1.83. The zero-order valence-corrected chi connectivity index (χ0v) is 13.1. The Kier molecular flexibility index (Phi) is 5.10. The van der Waals surface area contributed by atoms with Crippen LogP contribution in [0.15, 0.2) is 30.6 Å². The molecule has 2 aromatic rings. The number of thiazole rings is 1. The molecule has 0 spiro atoms. The van der Waals surface area contributed by atoms with E-state index >= 15 is 0 Å². The Labute approximate surface area is 133 Å². The van der Waals surface area contributed by atoms with Crippen molar-refractivity contribution in [2.45, 2.75) is 0 Å². The Balaban J connectivity index is 1.51. The second-order valence-electron chi connectivity index (χ2n) is 5.09. The minimum absolute atomic E-state index is 0.0604. The van der Waals surface area contributed by atoms with E-state index in [9.17, 15) is 4.79 Å². The Morgan fingerprint density at radius 3 is 2.95 bits per heavy atom. The number of piperazine rings is 1. The maximum absolute atomic E-state index is 12.1. The normalized spacial score (nSPS) is 15.6. The van der Waals surface area contributed by atoms with Crippen molar-refractivity contribution in [3.63, 3.8) is 0 Å². The smallest absolute Gasteiger partial charge is 0.263 e. The molecule has 7 heteroatoms. The van der Waals surface area contributed by atoms with Crippen LogP contribution in [0.3, 0.4) is 0 Å². The molecule has 1 amide bonds. The van der Waals surface area contributed by atoms with Crippen LogP contribution in [0.1, 0.15) is 9.67 Å². The molecule has 1 aliphatic rings. The summed E-state index contributed by atoms with van der Waals surface area (Å²) in [6, 6.07) is 5.67. The number of pyridine rings is 1. The summed E-state index contributed by atoms with van der Waals surface area (Å²) in [5.41, 5.74) is 0.798. The number of aromatic nitrogens is 2. The van der Waals surface area contributed by atoms with E-state index in [4.69, 9.17) is 0 Å². The van der Waals surface area contributed by atoms with Crippen molar-refractivity contribution in [1.82, 2.24) is 25.5 Å². The summed E-state index contributed by atoms with van der Waals surface area (Å²) >= 11 is 1.37. The van der Waals surface area contributed by atoms with Crippen LogP contribution in [0.25, 0.3) is 10.7 Å². The van der Waals surface area contributed by atoms with E-state index in [2.05, 4.69) is 25.5 Å². The van der Waals surface area contributed by atoms with Crippen LogP contribution >= 0.6 is 11.3 Å². The molecule has 2 N–H and O–H groups in total. The van der Waals surface area contributed by atoms with Crippen molar-refractivity contribution in [1.29, 1.82) is 0 Å². The zero-order chi connectivity index (χ0) is 15.2. The van der Waals surface area contributed by atoms with E-state index in [1.807, 2.05) is 18.2 Å². The summed E-state index contributed by atoms with van der Waals surface area (Å²) in [5.74, 6) is -0.0604. The van der Waals surface area contributed by atoms with E-state index in [0.717, 1.165) is 43.4 Å². The molecule has 0 bridgehead atoms. The first-order chi connectivity index (χ1) is 10.8. The number of carbonyl (C=O) groups excluding carboxylic acids is 1. The average Bonchev–Trinajstić information content (AvgIpc) is 3.07. The van der Waals surface area contributed by atoms with Crippen molar-refractivity contribution in [2.24, 2.45) is 0 Å². The third-order valence-corrected chi connectivity index (χ3v) is 4.56. The van der Waals surface area contributed by atoms with Gasteiger partial charge in [0.05, 0.1) is 11.9 Å². The largest absolute Gasteiger partial charge is 0.350 e. The number of hydrogen-bond acceptors (Lipinski definition) is 6.